The van der Waals surface area contributed by atoms with E-state index < -0.39 is 0 Å². The summed E-state index contributed by atoms with van der Waals surface area (Å²) >= 11 is 5.57. The third-order valence-electron chi connectivity index (χ3n) is 6.58. The Hall–Kier alpha value is -2.41. The molecule has 2 atom stereocenters. The summed E-state index contributed by atoms with van der Waals surface area (Å²) < 4.78 is 0. The van der Waals surface area contributed by atoms with E-state index in [1.165, 1.54) is 43.2 Å². The van der Waals surface area contributed by atoms with Crippen LogP contribution in [0.5, 0.6) is 0 Å². The van der Waals surface area contributed by atoms with E-state index in [9.17, 15) is 0 Å². The Balaban J connectivity index is 1.51. The molecule has 2 aliphatic heterocycles. The van der Waals surface area contributed by atoms with Crippen molar-refractivity contribution in [3.8, 4) is 0 Å². The lowest BCUT2D eigenvalue weighted by Crippen LogP contribution is -2.39. The predicted octanol–water partition coefficient (Wildman–Crippen LogP) is 4.89. The van der Waals surface area contributed by atoms with Gasteiger partial charge in [0.1, 0.15) is 11.6 Å². The van der Waals surface area contributed by atoms with Crippen molar-refractivity contribution >= 4 is 34.9 Å². The third kappa shape index (κ3) is 5.88. The van der Waals surface area contributed by atoms with E-state index >= 15 is 0 Å². The molecule has 0 spiro atoms. The second kappa shape index (κ2) is 10.5. The van der Waals surface area contributed by atoms with Crippen LogP contribution in [0.1, 0.15) is 57.1 Å². The first-order chi connectivity index (χ1) is 15.5. The van der Waals surface area contributed by atoms with Gasteiger partial charge in [-0.3, -0.25) is 0 Å². The maximum atomic E-state index is 5.57. The average molecular weight is 453 g/mol. The fourth-order valence-corrected chi connectivity index (χ4v) is 4.82. The first-order valence-corrected chi connectivity index (χ1v) is 12.4. The molecule has 1 aromatic heterocycles. The van der Waals surface area contributed by atoms with Crippen LogP contribution < -0.4 is 20.4 Å². The number of hydrogen-bond donors (Lipinski definition) is 2. The molecular formula is C25H36N6S. The molecule has 0 aliphatic carbocycles. The van der Waals surface area contributed by atoms with Crippen molar-refractivity contribution in [3.05, 3.63) is 41.5 Å². The number of thiocarbonyl (C=S) groups is 1. The maximum absolute atomic E-state index is 5.57. The normalized spacial score (nSPS) is 21.3. The number of rotatable bonds is 5. The van der Waals surface area contributed by atoms with Crippen molar-refractivity contribution in [2.24, 2.45) is 5.92 Å². The molecule has 0 radical (unpaired) electrons. The van der Waals surface area contributed by atoms with Gasteiger partial charge in [0.25, 0.3) is 0 Å². The minimum atomic E-state index is 0.492. The molecule has 2 N–H and O–H groups in total. The van der Waals surface area contributed by atoms with Gasteiger partial charge in [-0.1, -0.05) is 36.8 Å². The number of aryl methyl sites for hydroxylation is 1. The highest BCUT2D eigenvalue weighted by Crippen LogP contribution is 2.29. The first kappa shape index (κ1) is 22.8. The van der Waals surface area contributed by atoms with Gasteiger partial charge in [0.2, 0.25) is 5.95 Å². The summed E-state index contributed by atoms with van der Waals surface area (Å²) in [7, 11) is 0. The van der Waals surface area contributed by atoms with Gasteiger partial charge in [0.05, 0.1) is 0 Å². The molecule has 1 aromatic carbocycles. The monoisotopic (exact) mass is 452 g/mol. The molecule has 32 heavy (non-hydrogen) atoms. The summed E-state index contributed by atoms with van der Waals surface area (Å²) in [5.41, 5.74) is 2.45. The molecule has 6 nitrogen and oxygen atoms in total. The van der Waals surface area contributed by atoms with E-state index in [1.54, 1.807) is 0 Å². The van der Waals surface area contributed by atoms with Crippen LogP contribution >= 0.6 is 12.2 Å². The molecule has 2 aromatic rings. The van der Waals surface area contributed by atoms with E-state index in [2.05, 4.69) is 71.5 Å². The molecule has 2 saturated heterocycles. The second-order valence-electron chi connectivity index (χ2n) is 9.43. The van der Waals surface area contributed by atoms with Gasteiger partial charge in [0, 0.05) is 38.3 Å². The van der Waals surface area contributed by atoms with Crippen LogP contribution in [0.2, 0.25) is 0 Å². The molecule has 0 amide bonds. The van der Waals surface area contributed by atoms with E-state index in [0.29, 0.717) is 29.6 Å². The zero-order valence-corrected chi connectivity index (χ0v) is 20.4. The van der Waals surface area contributed by atoms with Gasteiger partial charge in [-0.25, -0.2) is 0 Å². The van der Waals surface area contributed by atoms with Crippen molar-refractivity contribution in [1.82, 2.24) is 15.3 Å². The molecule has 0 bridgehead atoms. The molecule has 2 fully saturated rings. The lowest BCUT2D eigenvalue weighted by atomic mass is 10.0. The van der Waals surface area contributed by atoms with Crippen molar-refractivity contribution < 1.29 is 0 Å². The number of aromatic nitrogens is 2. The molecule has 7 heteroatoms. The highest BCUT2D eigenvalue weighted by Gasteiger charge is 2.24. The number of nitrogens with zero attached hydrogens (tertiary/aromatic N) is 4. The van der Waals surface area contributed by atoms with Crippen molar-refractivity contribution in [2.75, 3.05) is 34.8 Å². The van der Waals surface area contributed by atoms with E-state index in [4.69, 9.17) is 22.2 Å². The standard InChI is InChI=1S/C25H36N6S/c1-18-9-11-21(12-10-18)16-26-25(32)29-24-27-22(30-13-6-7-19(2)17-30)15-23(28-24)31-14-5-4-8-20(31)3/h9-12,15,19-20H,4-8,13-14,16-17H2,1-3H3,(H2,26,27,28,29,32)/t19-,20+/m1/s1. The Bertz CT molecular complexity index is 915. The Morgan fingerprint density at radius 2 is 1.81 bits per heavy atom. The highest BCUT2D eigenvalue weighted by molar-refractivity contribution is 7.80. The SMILES string of the molecule is Cc1ccc(CNC(=S)Nc2nc(N3CCC[C@@H](C)C3)cc(N3CCCC[C@@H]3C)n2)cc1. The Morgan fingerprint density at radius 3 is 2.56 bits per heavy atom. The first-order valence-electron chi connectivity index (χ1n) is 12.0. The molecular weight excluding hydrogens is 416 g/mol. The fourth-order valence-electron chi connectivity index (χ4n) is 4.66. The van der Waals surface area contributed by atoms with Gasteiger partial charge in [-0.2, -0.15) is 9.97 Å². The summed E-state index contributed by atoms with van der Waals surface area (Å²) in [5, 5.41) is 7.10. The summed E-state index contributed by atoms with van der Waals surface area (Å²) in [4.78, 5) is 14.6. The maximum Gasteiger partial charge on any atom is 0.232 e. The molecule has 0 saturated carbocycles. The Morgan fingerprint density at radius 1 is 1.03 bits per heavy atom. The second-order valence-corrected chi connectivity index (χ2v) is 9.84. The average Bonchev–Trinajstić information content (AvgIpc) is 2.79. The highest BCUT2D eigenvalue weighted by atomic mass is 32.1. The molecule has 172 valence electrons. The minimum Gasteiger partial charge on any atom is -0.358 e. The van der Waals surface area contributed by atoms with Gasteiger partial charge < -0.3 is 20.4 Å². The zero-order valence-electron chi connectivity index (χ0n) is 19.6. The number of piperidine rings is 2. The summed E-state index contributed by atoms with van der Waals surface area (Å²) in [6, 6.07) is 11.1. The summed E-state index contributed by atoms with van der Waals surface area (Å²) in [6.07, 6.45) is 6.20. The van der Waals surface area contributed by atoms with E-state index in [0.717, 1.165) is 31.3 Å². The van der Waals surface area contributed by atoms with Crippen LogP contribution in [0.3, 0.4) is 0 Å². The van der Waals surface area contributed by atoms with Crippen molar-refractivity contribution in [2.45, 2.75) is 65.5 Å². The topological polar surface area (TPSA) is 56.3 Å². The lowest BCUT2D eigenvalue weighted by molar-refractivity contribution is 0.444. The zero-order chi connectivity index (χ0) is 22.5. The van der Waals surface area contributed by atoms with Gasteiger partial charge >= 0.3 is 0 Å². The molecule has 3 heterocycles. The van der Waals surface area contributed by atoms with Gasteiger partial charge in [-0.05, 0) is 69.7 Å². The van der Waals surface area contributed by atoms with E-state index in [-0.39, 0.29) is 0 Å². The number of benzene rings is 1. The number of hydrogen-bond acceptors (Lipinski definition) is 5. The quantitative estimate of drug-likeness (QED) is 0.627. The largest absolute Gasteiger partial charge is 0.358 e. The summed E-state index contributed by atoms with van der Waals surface area (Å²) in [5.74, 6) is 3.27. The molecule has 4 rings (SSSR count). The Labute approximate surface area is 197 Å². The Kier molecular flexibility index (Phi) is 7.45. The fraction of sp³-hybridized carbons (Fsp3) is 0.560. The van der Waals surface area contributed by atoms with Crippen LogP contribution in [0.25, 0.3) is 0 Å². The van der Waals surface area contributed by atoms with Gasteiger partial charge in [0.15, 0.2) is 5.11 Å². The molecule has 2 aliphatic rings. The van der Waals surface area contributed by atoms with Crippen LogP contribution in [0, 0.1) is 12.8 Å². The van der Waals surface area contributed by atoms with Crippen LogP contribution in [0.15, 0.2) is 30.3 Å². The van der Waals surface area contributed by atoms with E-state index in [1.807, 2.05) is 0 Å². The van der Waals surface area contributed by atoms with Crippen LogP contribution in [-0.4, -0.2) is 40.8 Å². The number of anilines is 3. The third-order valence-corrected chi connectivity index (χ3v) is 6.82. The lowest BCUT2D eigenvalue weighted by Gasteiger charge is -2.36. The predicted molar refractivity (Wildman–Crippen MR) is 138 cm³/mol. The number of nitrogens with one attached hydrogen (secondary N) is 2. The van der Waals surface area contributed by atoms with Crippen molar-refractivity contribution in [1.29, 1.82) is 0 Å². The minimum absolute atomic E-state index is 0.492. The smallest absolute Gasteiger partial charge is 0.232 e. The summed E-state index contributed by atoms with van der Waals surface area (Å²) in [6.45, 7) is 10.5. The van der Waals surface area contributed by atoms with Gasteiger partial charge in [-0.15, -0.1) is 0 Å². The van der Waals surface area contributed by atoms with Crippen molar-refractivity contribution in [3.63, 3.8) is 0 Å². The van der Waals surface area contributed by atoms with Crippen LogP contribution in [-0.2, 0) is 6.54 Å². The molecule has 0 unspecified atom stereocenters. The van der Waals surface area contributed by atoms with Crippen LogP contribution in [0.4, 0.5) is 17.6 Å².